The van der Waals surface area contributed by atoms with Crippen LogP contribution >= 0.6 is 11.6 Å². The molecule has 39 heavy (non-hydrogen) atoms. The van der Waals surface area contributed by atoms with Crippen molar-refractivity contribution < 1.29 is 31.5 Å². The highest BCUT2D eigenvalue weighted by molar-refractivity contribution is 6.30. The number of halogens is 6. The van der Waals surface area contributed by atoms with E-state index in [9.17, 15) is 26.7 Å². The van der Waals surface area contributed by atoms with E-state index in [0.717, 1.165) is 6.07 Å². The third-order valence-corrected chi connectivity index (χ3v) is 6.47. The molecule has 0 radical (unpaired) electrons. The molecule has 0 spiro atoms. The van der Waals surface area contributed by atoms with Crippen LogP contribution in [0.1, 0.15) is 11.4 Å². The molecule has 5 rings (SSSR count). The van der Waals surface area contributed by atoms with E-state index in [1.165, 1.54) is 47.4 Å². The van der Waals surface area contributed by atoms with Crippen molar-refractivity contribution in [1.82, 2.24) is 14.5 Å². The molecule has 12 heteroatoms. The molecule has 0 unspecified atom stereocenters. The average molecular weight is 563 g/mol. The Balaban J connectivity index is 1.43. The fourth-order valence-corrected chi connectivity index (χ4v) is 4.46. The van der Waals surface area contributed by atoms with Crippen molar-refractivity contribution in [2.75, 3.05) is 11.9 Å². The lowest BCUT2D eigenvalue weighted by Gasteiger charge is -2.29. The number of nitrogens with one attached hydrogen (secondary N) is 1. The Morgan fingerprint density at radius 2 is 1.77 bits per heavy atom. The number of nitrogens with zero attached hydrogens (tertiary/aromatic N) is 3. The molecule has 0 bridgehead atoms. The molecule has 1 aromatic heterocycles. The molecule has 3 aromatic carbocycles. The first-order valence-corrected chi connectivity index (χ1v) is 12.1. The van der Waals surface area contributed by atoms with Gasteiger partial charge in [-0.3, -0.25) is 4.79 Å². The summed E-state index contributed by atoms with van der Waals surface area (Å²) in [4.78, 5) is 19.3. The highest BCUT2D eigenvalue weighted by Crippen LogP contribution is 2.34. The van der Waals surface area contributed by atoms with Gasteiger partial charge in [0.05, 0.1) is 18.0 Å². The largest absolute Gasteiger partial charge is 0.573 e. The first-order valence-electron chi connectivity index (χ1n) is 11.8. The van der Waals surface area contributed by atoms with Gasteiger partial charge in [0.25, 0.3) is 0 Å². The van der Waals surface area contributed by atoms with E-state index in [-0.39, 0.29) is 30.1 Å². The third-order valence-electron chi connectivity index (χ3n) is 6.17. The summed E-state index contributed by atoms with van der Waals surface area (Å²) in [6.07, 6.45) is -5.19. The molecule has 0 fully saturated rings. The number of carbonyl (C=O) groups is 1. The van der Waals surface area contributed by atoms with Gasteiger partial charge in [-0.25, -0.2) is 13.8 Å². The molecule has 1 aliphatic heterocycles. The zero-order valence-corrected chi connectivity index (χ0v) is 20.9. The lowest BCUT2D eigenvalue weighted by Crippen LogP contribution is -2.39. The number of ether oxygens (including phenoxy) is 1. The van der Waals surface area contributed by atoms with Gasteiger partial charge in [0.15, 0.2) is 0 Å². The fraction of sp³-hybridized carbons (Fsp3) is 0.185. The smallest absolute Gasteiger partial charge is 0.405 e. The normalized spacial score (nSPS) is 13.2. The Bertz CT molecular complexity index is 1520. The SMILES string of the molecule is O=C(Cc1ccccc1OC(F)(F)F)N1CCn2c(nc(-c3ccc(F)cc3)c2Nc2ccc(Cl)c(F)c2)C1. The van der Waals surface area contributed by atoms with E-state index in [2.05, 4.69) is 15.0 Å². The number of hydrogen-bond acceptors (Lipinski definition) is 4. The van der Waals surface area contributed by atoms with Crippen LogP contribution in [0.5, 0.6) is 5.75 Å². The summed E-state index contributed by atoms with van der Waals surface area (Å²) < 4.78 is 72.0. The maximum atomic E-state index is 14.1. The van der Waals surface area contributed by atoms with Crippen LogP contribution in [0.25, 0.3) is 11.3 Å². The zero-order valence-electron chi connectivity index (χ0n) is 20.1. The summed E-state index contributed by atoms with van der Waals surface area (Å²) in [5.74, 6) is -0.879. The van der Waals surface area contributed by atoms with Crippen molar-refractivity contribution in [3.05, 3.63) is 94.8 Å². The van der Waals surface area contributed by atoms with Gasteiger partial charge in [-0.1, -0.05) is 29.8 Å². The predicted octanol–water partition coefficient (Wildman–Crippen LogP) is 6.71. The van der Waals surface area contributed by atoms with Crippen molar-refractivity contribution >= 4 is 29.0 Å². The van der Waals surface area contributed by atoms with Crippen LogP contribution in [-0.4, -0.2) is 33.3 Å². The molecule has 1 N–H and O–H groups in total. The Labute approximate surface area is 224 Å². The van der Waals surface area contributed by atoms with Gasteiger partial charge < -0.3 is 19.5 Å². The van der Waals surface area contributed by atoms with E-state index in [0.29, 0.717) is 35.1 Å². The van der Waals surface area contributed by atoms with Gasteiger partial charge in [0.1, 0.15) is 34.7 Å². The van der Waals surface area contributed by atoms with E-state index < -0.39 is 29.7 Å². The number of aromatic nitrogens is 2. The molecule has 0 saturated carbocycles. The Morgan fingerprint density at radius 3 is 2.49 bits per heavy atom. The number of hydrogen-bond donors (Lipinski definition) is 1. The van der Waals surface area contributed by atoms with Gasteiger partial charge in [0, 0.05) is 29.9 Å². The van der Waals surface area contributed by atoms with E-state index in [4.69, 9.17) is 11.6 Å². The quantitative estimate of drug-likeness (QED) is 0.265. The highest BCUT2D eigenvalue weighted by atomic mass is 35.5. The Kier molecular flexibility index (Phi) is 7.17. The number of rotatable bonds is 6. The average Bonchev–Trinajstić information content (AvgIpc) is 3.24. The second-order valence-electron chi connectivity index (χ2n) is 8.79. The Morgan fingerprint density at radius 1 is 1.03 bits per heavy atom. The van der Waals surface area contributed by atoms with Crippen molar-refractivity contribution in [1.29, 1.82) is 0 Å². The van der Waals surface area contributed by atoms with Crippen LogP contribution in [0.2, 0.25) is 5.02 Å². The first-order chi connectivity index (χ1) is 18.6. The summed E-state index contributed by atoms with van der Waals surface area (Å²) in [5.41, 5.74) is 1.56. The minimum atomic E-state index is -4.89. The molecule has 2 heterocycles. The maximum absolute atomic E-state index is 14.1. The summed E-state index contributed by atoms with van der Waals surface area (Å²) in [6.45, 7) is 0.622. The van der Waals surface area contributed by atoms with Crippen molar-refractivity contribution in [2.45, 2.75) is 25.9 Å². The maximum Gasteiger partial charge on any atom is 0.573 e. The molecule has 0 saturated heterocycles. The van der Waals surface area contributed by atoms with Crippen molar-refractivity contribution in [2.24, 2.45) is 0 Å². The molecule has 1 amide bonds. The van der Waals surface area contributed by atoms with Gasteiger partial charge >= 0.3 is 6.36 Å². The number of para-hydroxylation sites is 1. The van der Waals surface area contributed by atoms with Gasteiger partial charge in [-0.2, -0.15) is 0 Å². The summed E-state index contributed by atoms with van der Waals surface area (Å²) in [6, 6.07) is 15.4. The van der Waals surface area contributed by atoms with Crippen LogP contribution in [0.15, 0.2) is 66.7 Å². The summed E-state index contributed by atoms with van der Waals surface area (Å²) in [7, 11) is 0. The second kappa shape index (κ2) is 10.6. The van der Waals surface area contributed by atoms with Crippen LogP contribution in [0, 0.1) is 11.6 Å². The molecular weight excluding hydrogens is 543 g/mol. The number of alkyl halides is 3. The molecule has 1 aliphatic rings. The number of benzene rings is 3. The third kappa shape index (κ3) is 5.98. The lowest BCUT2D eigenvalue weighted by molar-refractivity contribution is -0.274. The predicted molar refractivity (Wildman–Crippen MR) is 135 cm³/mol. The zero-order chi connectivity index (χ0) is 27.7. The van der Waals surface area contributed by atoms with Crippen LogP contribution in [0.4, 0.5) is 33.5 Å². The van der Waals surface area contributed by atoms with E-state index in [1.54, 1.807) is 18.2 Å². The van der Waals surface area contributed by atoms with Crippen molar-refractivity contribution in [3.8, 4) is 17.0 Å². The van der Waals surface area contributed by atoms with Crippen molar-refractivity contribution in [3.63, 3.8) is 0 Å². The molecule has 4 aromatic rings. The number of anilines is 2. The van der Waals surface area contributed by atoms with Crippen LogP contribution in [-0.2, 0) is 24.3 Å². The Hall–Kier alpha value is -4.12. The van der Waals surface area contributed by atoms with E-state index >= 15 is 0 Å². The number of imidazole rings is 1. The summed E-state index contributed by atoms with van der Waals surface area (Å²) in [5, 5.41) is 3.12. The number of amides is 1. The number of fused-ring (bicyclic) bond motifs is 1. The second-order valence-corrected chi connectivity index (χ2v) is 9.19. The van der Waals surface area contributed by atoms with Crippen LogP contribution in [0.3, 0.4) is 0 Å². The monoisotopic (exact) mass is 562 g/mol. The van der Waals surface area contributed by atoms with Gasteiger partial charge in [0.2, 0.25) is 5.91 Å². The molecule has 202 valence electrons. The molecule has 0 aliphatic carbocycles. The molecular formula is C27H20ClF5N4O2. The lowest BCUT2D eigenvalue weighted by atomic mass is 10.1. The molecule has 0 atom stereocenters. The number of carbonyl (C=O) groups excluding carboxylic acids is 1. The summed E-state index contributed by atoms with van der Waals surface area (Å²) >= 11 is 5.81. The minimum absolute atomic E-state index is 0.0361. The van der Waals surface area contributed by atoms with Gasteiger partial charge in [-0.05, 0) is 48.5 Å². The van der Waals surface area contributed by atoms with Gasteiger partial charge in [-0.15, -0.1) is 13.2 Å². The van der Waals surface area contributed by atoms with E-state index in [1.807, 2.05) is 4.57 Å². The fourth-order valence-electron chi connectivity index (χ4n) is 4.34. The first kappa shape index (κ1) is 26.5. The standard InChI is InChI=1S/C27H20ClF5N4O2/c28-20-10-9-19(14-21(20)30)34-26-25(16-5-7-18(29)8-6-16)35-23-15-36(11-12-37(23)26)24(38)13-17-3-1-2-4-22(17)39-27(31,32)33/h1-10,14,34H,11-13,15H2. The van der Waals surface area contributed by atoms with Crippen LogP contribution < -0.4 is 10.1 Å². The topological polar surface area (TPSA) is 59.4 Å². The minimum Gasteiger partial charge on any atom is -0.405 e. The highest BCUT2D eigenvalue weighted by Gasteiger charge is 2.33. The molecule has 6 nitrogen and oxygen atoms in total.